The third-order valence-electron chi connectivity index (χ3n) is 3.13. The summed E-state index contributed by atoms with van der Waals surface area (Å²) in [4.78, 5) is 12.0. The number of halogens is 1. The molecule has 1 rings (SSSR count). The van der Waals surface area contributed by atoms with Crippen molar-refractivity contribution >= 4 is 5.91 Å². The summed E-state index contributed by atoms with van der Waals surface area (Å²) in [6.07, 6.45) is 3.01. The van der Waals surface area contributed by atoms with Gasteiger partial charge in [-0.1, -0.05) is 13.3 Å². The smallest absolute Gasteiger partial charge is 0.251 e. The van der Waals surface area contributed by atoms with Crippen molar-refractivity contribution in [1.82, 2.24) is 5.32 Å². The molecule has 106 valence electrons. The van der Waals surface area contributed by atoms with Crippen LogP contribution in [0, 0.1) is 18.7 Å². The van der Waals surface area contributed by atoms with Crippen LogP contribution in [0.4, 0.5) is 4.39 Å². The van der Waals surface area contributed by atoms with E-state index in [-0.39, 0.29) is 11.7 Å². The summed E-state index contributed by atoms with van der Waals surface area (Å²) in [6.45, 7) is 5.11. The number of nitrogens with one attached hydrogen (secondary N) is 1. The molecule has 0 aliphatic heterocycles. The van der Waals surface area contributed by atoms with E-state index < -0.39 is 0 Å². The Morgan fingerprint density at radius 3 is 2.68 bits per heavy atom. The molecule has 1 aromatic rings. The van der Waals surface area contributed by atoms with Gasteiger partial charge in [-0.05, 0) is 56.0 Å². The zero-order valence-corrected chi connectivity index (χ0v) is 11.7. The number of aryl methyl sites for hydroxylation is 1. The lowest BCUT2D eigenvalue weighted by Gasteiger charge is -2.16. The van der Waals surface area contributed by atoms with Crippen LogP contribution in [0.5, 0.6) is 0 Å². The molecular weight excluding hydrogens is 243 g/mol. The van der Waals surface area contributed by atoms with Gasteiger partial charge in [-0.25, -0.2) is 4.39 Å². The quantitative estimate of drug-likeness (QED) is 0.797. The number of carbonyl (C=O) groups excluding carboxylic acids is 1. The van der Waals surface area contributed by atoms with E-state index in [1.165, 1.54) is 12.1 Å². The molecule has 0 aliphatic rings. The second-order valence-corrected chi connectivity index (χ2v) is 4.96. The van der Waals surface area contributed by atoms with Gasteiger partial charge in [0.05, 0.1) is 0 Å². The first-order chi connectivity index (χ1) is 9.06. The fourth-order valence-electron chi connectivity index (χ4n) is 2.20. The lowest BCUT2D eigenvalue weighted by Crippen LogP contribution is -2.30. The van der Waals surface area contributed by atoms with Crippen LogP contribution >= 0.6 is 0 Å². The Hall–Kier alpha value is -1.42. The van der Waals surface area contributed by atoms with Gasteiger partial charge in [-0.3, -0.25) is 4.79 Å². The van der Waals surface area contributed by atoms with E-state index in [1.54, 1.807) is 13.0 Å². The minimum Gasteiger partial charge on any atom is -0.352 e. The van der Waals surface area contributed by atoms with Crippen molar-refractivity contribution < 1.29 is 9.18 Å². The first-order valence-corrected chi connectivity index (χ1v) is 6.82. The van der Waals surface area contributed by atoms with Crippen molar-refractivity contribution in [2.45, 2.75) is 33.1 Å². The van der Waals surface area contributed by atoms with Gasteiger partial charge >= 0.3 is 0 Å². The van der Waals surface area contributed by atoms with Gasteiger partial charge in [0.1, 0.15) is 5.82 Å². The normalized spacial score (nSPS) is 12.2. The van der Waals surface area contributed by atoms with Gasteiger partial charge in [-0.2, -0.15) is 0 Å². The Kier molecular flexibility index (Phi) is 6.50. The number of hydrogen-bond acceptors (Lipinski definition) is 2. The number of benzene rings is 1. The van der Waals surface area contributed by atoms with Gasteiger partial charge in [0.15, 0.2) is 0 Å². The molecule has 3 nitrogen and oxygen atoms in total. The zero-order valence-electron chi connectivity index (χ0n) is 11.7. The molecule has 1 unspecified atom stereocenters. The Labute approximate surface area is 114 Å². The van der Waals surface area contributed by atoms with Gasteiger partial charge in [0, 0.05) is 12.1 Å². The fraction of sp³-hybridized carbons (Fsp3) is 0.533. The molecule has 0 radical (unpaired) electrons. The Bertz CT molecular complexity index is 394. The first kappa shape index (κ1) is 15.6. The monoisotopic (exact) mass is 266 g/mol. The summed E-state index contributed by atoms with van der Waals surface area (Å²) in [5.41, 5.74) is 6.68. The Morgan fingerprint density at radius 1 is 1.37 bits per heavy atom. The highest BCUT2D eigenvalue weighted by molar-refractivity contribution is 5.94. The molecule has 0 aliphatic carbocycles. The van der Waals surface area contributed by atoms with Gasteiger partial charge in [0.25, 0.3) is 5.91 Å². The molecule has 4 heteroatoms. The number of rotatable bonds is 7. The van der Waals surface area contributed by atoms with Crippen molar-refractivity contribution in [3.63, 3.8) is 0 Å². The van der Waals surface area contributed by atoms with Crippen LogP contribution in [0.3, 0.4) is 0 Å². The number of hydrogen-bond donors (Lipinski definition) is 2. The van der Waals surface area contributed by atoms with E-state index >= 15 is 0 Å². The van der Waals surface area contributed by atoms with Gasteiger partial charge in [-0.15, -0.1) is 0 Å². The van der Waals surface area contributed by atoms with Gasteiger partial charge < -0.3 is 11.1 Å². The summed E-state index contributed by atoms with van der Waals surface area (Å²) >= 11 is 0. The van der Waals surface area contributed by atoms with Crippen molar-refractivity contribution in [3.05, 3.63) is 35.1 Å². The second-order valence-electron chi connectivity index (χ2n) is 4.96. The topological polar surface area (TPSA) is 55.1 Å². The van der Waals surface area contributed by atoms with E-state index in [4.69, 9.17) is 5.73 Å². The molecule has 0 saturated carbocycles. The molecule has 0 heterocycles. The number of amides is 1. The standard InChI is InChI=1S/C15H23FN2O/c1-3-4-12(5-6-17)10-18-15(19)13-7-11(2)8-14(16)9-13/h7-9,12H,3-6,10,17H2,1-2H3,(H,18,19). The second kappa shape index (κ2) is 7.89. The lowest BCUT2D eigenvalue weighted by atomic mass is 9.99. The van der Waals surface area contributed by atoms with Crippen molar-refractivity contribution in [1.29, 1.82) is 0 Å². The Morgan fingerprint density at radius 2 is 2.11 bits per heavy atom. The first-order valence-electron chi connectivity index (χ1n) is 6.82. The minimum atomic E-state index is -0.378. The average Bonchev–Trinajstić information content (AvgIpc) is 2.35. The van der Waals surface area contributed by atoms with E-state index in [1.807, 2.05) is 0 Å². The molecule has 0 saturated heterocycles. The summed E-state index contributed by atoms with van der Waals surface area (Å²) < 4.78 is 13.2. The number of nitrogens with two attached hydrogens (primary N) is 1. The van der Waals surface area contributed by atoms with Crippen LogP contribution in [0.1, 0.15) is 42.1 Å². The molecule has 3 N–H and O–H groups in total. The summed E-state index contributed by atoms with van der Waals surface area (Å²) in [6, 6.07) is 4.36. The average molecular weight is 266 g/mol. The third kappa shape index (κ3) is 5.39. The fourth-order valence-corrected chi connectivity index (χ4v) is 2.20. The molecule has 0 spiro atoms. The summed E-state index contributed by atoms with van der Waals surface area (Å²) in [5.74, 6) is -0.202. The predicted molar refractivity (Wildman–Crippen MR) is 75.5 cm³/mol. The van der Waals surface area contributed by atoms with Crippen LogP contribution in [-0.2, 0) is 0 Å². The summed E-state index contributed by atoms with van der Waals surface area (Å²) in [5, 5.41) is 2.86. The maximum Gasteiger partial charge on any atom is 0.251 e. The molecule has 1 amide bonds. The maximum absolute atomic E-state index is 13.2. The van der Waals surface area contributed by atoms with E-state index in [0.29, 0.717) is 24.6 Å². The van der Waals surface area contributed by atoms with E-state index in [9.17, 15) is 9.18 Å². The SMILES string of the molecule is CCCC(CCN)CNC(=O)c1cc(C)cc(F)c1. The number of carbonyl (C=O) groups is 1. The largest absolute Gasteiger partial charge is 0.352 e. The predicted octanol–water partition coefficient (Wildman–Crippen LogP) is 2.63. The van der Waals surface area contributed by atoms with Crippen molar-refractivity contribution in [2.24, 2.45) is 11.7 Å². The van der Waals surface area contributed by atoms with Crippen molar-refractivity contribution in [2.75, 3.05) is 13.1 Å². The molecule has 0 fully saturated rings. The van der Waals surface area contributed by atoms with E-state index in [2.05, 4.69) is 12.2 Å². The Balaban J connectivity index is 2.58. The third-order valence-corrected chi connectivity index (χ3v) is 3.13. The van der Waals surface area contributed by atoms with Crippen LogP contribution < -0.4 is 11.1 Å². The molecule has 0 bridgehead atoms. The zero-order chi connectivity index (χ0) is 14.3. The van der Waals surface area contributed by atoms with Crippen LogP contribution in [0.25, 0.3) is 0 Å². The van der Waals surface area contributed by atoms with Crippen LogP contribution in [-0.4, -0.2) is 19.0 Å². The highest BCUT2D eigenvalue weighted by atomic mass is 19.1. The highest BCUT2D eigenvalue weighted by Crippen LogP contribution is 2.11. The maximum atomic E-state index is 13.2. The molecular formula is C15H23FN2O. The molecule has 19 heavy (non-hydrogen) atoms. The van der Waals surface area contributed by atoms with Crippen molar-refractivity contribution in [3.8, 4) is 0 Å². The van der Waals surface area contributed by atoms with Crippen LogP contribution in [0.2, 0.25) is 0 Å². The van der Waals surface area contributed by atoms with Gasteiger partial charge in [0.2, 0.25) is 0 Å². The van der Waals surface area contributed by atoms with E-state index in [0.717, 1.165) is 24.8 Å². The van der Waals surface area contributed by atoms with Crippen LogP contribution in [0.15, 0.2) is 18.2 Å². The lowest BCUT2D eigenvalue weighted by molar-refractivity contribution is 0.0945. The molecule has 0 aromatic heterocycles. The summed E-state index contributed by atoms with van der Waals surface area (Å²) in [7, 11) is 0. The molecule has 1 atom stereocenters. The highest BCUT2D eigenvalue weighted by Gasteiger charge is 2.11. The minimum absolute atomic E-state index is 0.222. The molecule has 1 aromatic carbocycles.